The zero-order chi connectivity index (χ0) is 14.1. The predicted molar refractivity (Wildman–Crippen MR) is 76.6 cm³/mol. The maximum absolute atomic E-state index is 12.8. The SMILES string of the molecule is CCc1nnc(C)cc1C(=O)N1C[C@@H]2CCCN[C@@H]2C1. The van der Waals surface area contributed by atoms with Crippen LogP contribution in [0.2, 0.25) is 0 Å². The Labute approximate surface area is 119 Å². The molecule has 2 saturated heterocycles. The maximum Gasteiger partial charge on any atom is 0.255 e. The van der Waals surface area contributed by atoms with E-state index < -0.39 is 0 Å². The van der Waals surface area contributed by atoms with Gasteiger partial charge in [0, 0.05) is 19.1 Å². The Kier molecular flexibility index (Phi) is 3.70. The number of hydrogen-bond acceptors (Lipinski definition) is 4. The molecule has 0 aliphatic carbocycles. The Hall–Kier alpha value is -1.49. The summed E-state index contributed by atoms with van der Waals surface area (Å²) in [6, 6.07) is 2.36. The summed E-state index contributed by atoms with van der Waals surface area (Å²) in [5.41, 5.74) is 2.35. The second kappa shape index (κ2) is 5.48. The number of nitrogens with one attached hydrogen (secondary N) is 1. The summed E-state index contributed by atoms with van der Waals surface area (Å²) in [5.74, 6) is 0.740. The van der Waals surface area contributed by atoms with E-state index in [2.05, 4.69) is 15.5 Å². The monoisotopic (exact) mass is 274 g/mol. The number of fused-ring (bicyclic) bond motifs is 1. The number of piperidine rings is 1. The molecule has 3 heterocycles. The van der Waals surface area contributed by atoms with Crippen LogP contribution in [0.5, 0.6) is 0 Å². The van der Waals surface area contributed by atoms with E-state index in [0.29, 0.717) is 12.0 Å². The lowest BCUT2D eigenvalue weighted by Crippen LogP contribution is -2.41. The number of nitrogens with zero attached hydrogens (tertiary/aromatic N) is 3. The first-order valence-electron chi connectivity index (χ1n) is 7.55. The summed E-state index contributed by atoms with van der Waals surface area (Å²) in [4.78, 5) is 14.7. The average molecular weight is 274 g/mol. The molecule has 1 aromatic heterocycles. The fourth-order valence-corrected chi connectivity index (χ4v) is 3.34. The van der Waals surface area contributed by atoms with Gasteiger partial charge in [0.1, 0.15) is 0 Å². The van der Waals surface area contributed by atoms with Gasteiger partial charge in [-0.15, -0.1) is 0 Å². The summed E-state index contributed by atoms with van der Waals surface area (Å²) < 4.78 is 0. The summed E-state index contributed by atoms with van der Waals surface area (Å²) in [5, 5.41) is 11.8. The summed E-state index contributed by atoms with van der Waals surface area (Å²) in [7, 11) is 0. The Bertz CT molecular complexity index is 503. The molecule has 20 heavy (non-hydrogen) atoms. The third kappa shape index (κ3) is 2.42. The van der Waals surface area contributed by atoms with Crippen LogP contribution in [0.4, 0.5) is 0 Å². The highest BCUT2D eigenvalue weighted by Crippen LogP contribution is 2.26. The molecule has 1 amide bonds. The minimum atomic E-state index is 0.121. The molecular weight excluding hydrogens is 252 g/mol. The van der Waals surface area contributed by atoms with Gasteiger partial charge in [-0.3, -0.25) is 4.79 Å². The third-order valence-electron chi connectivity index (χ3n) is 4.44. The molecule has 5 heteroatoms. The molecule has 2 fully saturated rings. The average Bonchev–Trinajstić information content (AvgIpc) is 2.90. The minimum absolute atomic E-state index is 0.121. The number of aryl methyl sites for hydroxylation is 2. The van der Waals surface area contributed by atoms with E-state index in [-0.39, 0.29) is 5.91 Å². The number of likely N-dealkylation sites (tertiary alicyclic amines) is 1. The first-order chi connectivity index (χ1) is 9.69. The van der Waals surface area contributed by atoms with Crippen LogP contribution in [0.15, 0.2) is 6.07 Å². The van der Waals surface area contributed by atoms with Gasteiger partial charge in [-0.05, 0) is 44.7 Å². The van der Waals surface area contributed by atoms with Gasteiger partial charge in [-0.25, -0.2) is 0 Å². The van der Waals surface area contributed by atoms with Crippen LogP contribution in [-0.4, -0.2) is 46.7 Å². The summed E-state index contributed by atoms with van der Waals surface area (Å²) in [6.07, 6.45) is 3.20. The Balaban J connectivity index is 1.81. The lowest BCUT2D eigenvalue weighted by atomic mass is 9.94. The largest absolute Gasteiger partial charge is 0.337 e. The van der Waals surface area contributed by atoms with Gasteiger partial charge >= 0.3 is 0 Å². The zero-order valence-corrected chi connectivity index (χ0v) is 12.2. The molecule has 0 radical (unpaired) electrons. The van der Waals surface area contributed by atoms with E-state index in [1.54, 1.807) is 0 Å². The second-order valence-electron chi connectivity index (χ2n) is 5.87. The fraction of sp³-hybridized carbons (Fsp3) is 0.667. The number of aromatic nitrogens is 2. The molecule has 0 unspecified atom stereocenters. The molecule has 2 aliphatic rings. The Morgan fingerprint density at radius 3 is 3.05 bits per heavy atom. The highest BCUT2D eigenvalue weighted by Gasteiger charge is 2.37. The van der Waals surface area contributed by atoms with Crippen LogP contribution in [-0.2, 0) is 6.42 Å². The van der Waals surface area contributed by atoms with Crippen LogP contribution in [0.1, 0.15) is 41.5 Å². The molecule has 5 nitrogen and oxygen atoms in total. The molecule has 0 aromatic carbocycles. The molecular formula is C15H22N4O. The maximum atomic E-state index is 12.8. The highest BCUT2D eigenvalue weighted by atomic mass is 16.2. The smallest absolute Gasteiger partial charge is 0.255 e. The van der Waals surface area contributed by atoms with Gasteiger partial charge in [0.2, 0.25) is 0 Å². The van der Waals surface area contributed by atoms with Crippen molar-refractivity contribution in [2.75, 3.05) is 19.6 Å². The van der Waals surface area contributed by atoms with Crippen molar-refractivity contribution >= 4 is 5.91 Å². The van der Waals surface area contributed by atoms with E-state index in [4.69, 9.17) is 0 Å². The van der Waals surface area contributed by atoms with Crippen molar-refractivity contribution in [1.82, 2.24) is 20.4 Å². The van der Waals surface area contributed by atoms with Crippen molar-refractivity contribution in [3.8, 4) is 0 Å². The van der Waals surface area contributed by atoms with Crippen LogP contribution >= 0.6 is 0 Å². The quantitative estimate of drug-likeness (QED) is 0.879. The number of hydrogen-bond donors (Lipinski definition) is 1. The standard InChI is InChI=1S/C15H22N4O/c1-3-13-12(7-10(2)17-18-13)15(20)19-8-11-5-4-6-16-14(11)9-19/h7,11,14,16H,3-6,8-9H2,1-2H3/t11-,14+/m0/s1. The first-order valence-corrected chi connectivity index (χ1v) is 7.55. The minimum Gasteiger partial charge on any atom is -0.337 e. The van der Waals surface area contributed by atoms with Crippen molar-refractivity contribution in [3.63, 3.8) is 0 Å². The molecule has 1 aromatic rings. The molecule has 1 N–H and O–H groups in total. The van der Waals surface area contributed by atoms with Crippen molar-refractivity contribution in [3.05, 3.63) is 23.0 Å². The van der Waals surface area contributed by atoms with Crippen molar-refractivity contribution in [2.24, 2.45) is 5.92 Å². The predicted octanol–water partition coefficient (Wildman–Crippen LogP) is 1.17. The van der Waals surface area contributed by atoms with Crippen molar-refractivity contribution < 1.29 is 4.79 Å². The Morgan fingerprint density at radius 2 is 2.30 bits per heavy atom. The van der Waals surface area contributed by atoms with Crippen LogP contribution < -0.4 is 5.32 Å². The van der Waals surface area contributed by atoms with Crippen LogP contribution in [0.25, 0.3) is 0 Å². The molecule has 0 saturated carbocycles. The van der Waals surface area contributed by atoms with E-state index in [9.17, 15) is 4.79 Å². The van der Waals surface area contributed by atoms with Gasteiger partial charge in [0.15, 0.2) is 0 Å². The van der Waals surface area contributed by atoms with Gasteiger partial charge in [0.25, 0.3) is 5.91 Å². The van der Waals surface area contributed by atoms with E-state index in [1.165, 1.54) is 12.8 Å². The molecule has 0 bridgehead atoms. The second-order valence-corrected chi connectivity index (χ2v) is 5.87. The number of rotatable bonds is 2. The van der Waals surface area contributed by atoms with Gasteiger partial charge < -0.3 is 10.2 Å². The van der Waals surface area contributed by atoms with E-state index >= 15 is 0 Å². The summed E-state index contributed by atoms with van der Waals surface area (Å²) >= 11 is 0. The van der Waals surface area contributed by atoms with Gasteiger partial charge in [-0.1, -0.05) is 6.92 Å². The lowest BCUT2D eigenvalue weighted by molar-refractivity contribution is 0.0783. The molecule has 2 atom stereocenters. The van der Waals surface area contributed by atoms with Crippen molar-refractivity contribution in [1.29, 1.82) is 0 Å². The summed E-state index contributed by atoms with van der Waals surface area (Å²) in [6.45, 7) is 6.68. The zero-order valence-electron chi connectivity index (χ0n) is 12.2. The molecule has 3 rings (SSSR count). The third-order valence-corrected chi connectivity index (χ3v) is 4.44. The first kappa shape index (κ1) is 13.5. The normalized spacial score (nSPS) is 25.6. The fourth-order valence-electron chi connectivity index (χ4n) is 3.34. The van der Waals surface area contributed by atoms with Crippen LogP contribution in [0.3, 0.4) is 0 Å². The Morgan fingerprint density at radius 1 is 1.45 bits per heavy atom. The molecule has 2 aliphatic heterocycles. The lowest BCUT2D eigenvalue weighted by Gasteiger charge is -2.24. The number of carbonyl (C=O) groups excluding carboxylic acids is 1. The van der Waals surface area contributed by atoms with E-state index in [1.807, 2.05) is 24.8 Å². The number of carbonyl (C=O) groups is 1. The molecule has 0 spiro atoms. The highest BCUT2D eigenvalue weighted by molar-refractivity contribution is 5.95. The molecule has 108 valence electrons. The van der Waals surface area contributed by atoms with Crippen LogP contribution in [0, 0.1) is 12.8 Å². The van der Waals surface area contributed by atoms with Gasteiger partial charge in [-0.2, -0.15) is 10.2 Å². The van der Waals surface area contributed by atoms with Crippen molar-refractivity contribution in [2.45, 2.75) is 39.2 Å². The van der Waals surface area contributed by atoms with Gasteiger partial charge in [0.05, 0.1) is 17.0 Å². The van der Waals surface area contributed by atoms with E-state index in [0.717, 1.165) is 43.0 Å². The topological polar surface area (TPSA) is 58.1 Å². The number of amides is 1.